The van der Waals surface area contributed by atoms with E-state index in [1.54, 1.807) is 23.0 Å². The number of piperidine rings is 1. The van der Waals surface area contributed by atoms with Gasteiger partial charge in [0.15, 0.2) is 0 Å². The highest BCUT2D eigenvalue weighted by molar-refractivity contribution is 5.82. The SMILES string of the molecule is O=C(Oc1ccc(-n2cccn2)cc1)C1CCCN(C(=O)C2CC2)C1. The van der Waals surface area contributed by atoms with Crippen LogP contribution in [-0.2, 0) is 9.59 Å². The van der Waals surface area contributed by atoms with Gasteiger partial charge in [-0.25, -0.2) is 4.68 Å². The molecular formula is C19H21N3O3. The van der Waals surface area contributed by atoms with Gasteiger partial charge in [0.05, 0.1) is 11.6 Å². The van der Waals surface area contributed by atoms with E-state index >= 15 is 0 Å². The van der Waals surface area contributed by atoms with Crippen LogP contribution in [0.4, 0.5) is 0 Å². The normalized spacial score (nSPS) is 20.3. The third-order valence-electron chi connectivity index (χ3n) is 4.82. The number of amides is 1. The molecule has 0 spiro atoms. The molecule has 2 fully saturated rings. The van der Waals surface area contributed by atoms with Crippen molar-refractivity contribution in [2.24, 2.45) is 11.8 Å². The molecule has 0 N–H and O–H groups in total. The van der Waals surface area contributed by atoms with Gasteiger partial charge >= 0.3 is 5.97 Å². The smallest absolute Gasteiger partial charge is 0.316 e. The maximum atomic E-state index is 12.5. The van der Waals surface area contributed by atoms with Crippen molar-refractivity contribution in [1.29, 1.82) is 0 Å². The summed E-state index contributed by atoms with van der Waals surface area (Å²) in [7, 11) is 0. The molecule has 1 saturated carbocycles. The summed E-state index contributed by atoms with van der Waals surface area (Å²) in [5.74, 6) is 0.444. The van der Waals surface area contributed by atoms with Crippen molar-refractivity contribution in [2.75, 3.05) is 13.1 Å². The second-order valence-electron chi connectivity index (χ2n) is 6.76. The number of aromatic nitrogens is 2. The Morgan fingerprint density at radius 1 is 1.08 bits per heavy atom. The van der Waals surface area contributed by atoms with E-state index in [0.717, 1.165) is 37.9 Å². The summed E-state index contributed by atoms with van der Waals surface area (Å²) in [5, 5.41) is 4.17. The molecule has 1 unspecified atom stereocenters. The number of carbonyl (C=O) groups is 2. The standard InChI is InChI=1S/C19H21N3O3/c23-18(14-4-5-14)21-11-1-3-15(13-21)19(24)25-17-8-6-16(7-9-17)22-12-2-10-20-22/h2,6-10,12,14-15H,1,3-5,11,13H2. The van der Waals surface area contributed by atoms with Crippen LogP contribution in [0.15, 0.2) is 42.7 Å². The minimum absolute atomic E-state index is 0.199. The summed E-state index contributed by atoms with van der Waals surface area (Å²) in [6, 6.07) is 9.11. The average Bonchev–Trinajstić information content (AvgIpc) is 3.36. The quantitative estimate of drug-likeness (QED) is 0.634. The van der Waals surface area contributed by atoms with Gasteiger partial charge in [0.2, 0.25) is 5.91 Å². The maximum absolute atomic E-state index is 12.5. The summed E-state index contributed by atoms with van der Waals surface area (Å²) in [5.41, 5.74) is 0.906. The van der Waals surface area contributed by atoms with E-state index < -0.39 is 0 Å². The van der Waals surface area contributed by atoms with Gasteiger partial charge in [-0.1, -0.05) is 0 Å². The molecule has 2 heterocycles. The van der Waals surface area contributed by atoms with Crippen LogP contribution < -0.4 is 4.74 Å². The van der Waals surface area contributed by atoms with E-state index in [1.807, 2.05) is 29.3 Å². The van der Waals surface area contributed by atoms with E-state index in [0.29, 0.717) is 12.3 Å². The number of hydrogen-bond donors (Lipinski definition) is 0. The zero-order valence-corrected chi connectivity index (χ0v) is 14.0. The second-order valence-corrected chi connectivity index (χ2v) is 6.76. The van der Waals surface area contributed by atoms with Crippen molar-refractivity contribution in [3.8, 4) is 11.4 Å². The molecule has 1 aliphatic heterocycles. The molecule has 1 atom stereocenters. The van der Waals surface area contributed by atoms with Crippen molar-refractivity contribution >= 4 is 11.9 Å². The number of likely N-dealkylation sites (tertiary alicyclic amines) is 1. The molecule has 2 aromatic rings. The highest BCUT2D eigenvalue weighted by atomic mass is 16.5. The summed E-state index contributed by atoms with van der Waals surface area (Å²) < 4.78 is 7.27. The van der Waals surface area contributed by atoms with Crippen molar-refractivity contribution in [1.82, 2.24) is 14.7 Å². The minimum atomic E-state index is -0.250. The molecule has 2 aliphatic rings. The predicted octanol–water partition coefficient (Wildman–Crippen LogP) is 2.43. The predicted molar refractivity (Wildman–Crippen MR) is 91.2 cm³/mol. The molecule has 25 heavy (non-hydrogen) atoms. The molecule has 1 aromatic heterocycles. The van der Waals surface area contributed by atoms with Crippen LogP contribution in [0.5, 0.6) is 5.75 Å². The third kappa shape index (κ3) is 3.57. The summed E-state index contributed by atoms with van der Waals surface area (Å²) in [6.45, 7) is 1.25. The lowest BCUT2D eigenvalue weighted by atomic mass is 9.98. The van der Waals surface area contributed by atoms with Crippen LogP contribution in [0, 0.1) is 11.8 Å². The van der Waals surface area contributed by atoms with Crippen molar-refractivity contribution in [3.63, 3.8) is 0 Å². The summed E-state index contributed by atoms with van der Waals surface area (Å²) >= 11 is 0. The van der Waals surface area contributed by atoms with E-state index in [9.17, 15) is 9.59 Å². The Morgan fingerprint density at radius 2 is 1.88 bits per heavy atom. The number of carbonyl (C=O) groups excluding carboxylic acids is 2. The highest BCUT2D eigenvalue weighted by Crippen LogP contribution is 2.32. The Morgan fingerprint density at radius 3 is 2.56 bits per heavy atom. The fourth-order valence-corrected chi connectivity index (χ4v) is 3.25. The zero-order valence-electron chi connectivity index (χ0n) is 14.0. The van der Waals surface area contributed by atoms with Crippen LogP contribution in [0.1, 0.15) is 25.7 Å². The first-order valence-corrected chi connectivity index (χ1v) is 8.81. The van der Waals surface area contributed by atoms with Gasteiger partial charge < -0.3 is 9.64 Å². The summed E-state index contributed by atoms with van der Waals surface area (Å²) in [6.07, 6.45) is 7.19. The monoisotopic (exact) mass is 339 g/mol. The van der Waals surface area contributed by atoms with Crippen molar-refractivity contribution in [2.45, 2.75) is 25.7 Å². The molecule has 4 rings (SSSR count). The molecule has 130 valence electrons. The maximum Gasteiger partial charge on any atom is 0.316 e. The molecule has 1 saturated heterocycles. The second kappa shape index (κ2) is 6.70. The van der Waals surface area contributed by atoms with Crippen LogP contribution in [-0.4, -0.2) is 39.6 Å². The number of ether oxygens (including phenoxy) is 1. The van der Waals surface area contributed by atoms with Gasteiger partial charge in [-0.15, -0.1) is 0 Å². The number of benzene rings is 1. The molecule has 6 nitrogen and oxygen atoms in total. The minimum Gasteiger partial charge on any atom is -0.426 e. The van der Waals surface area contributed by atoms with E-state index in [2.05, 4.69) is 5.10 Å². The van der Waals surface area contributed by atoms with Gasteiger partial charge in [-0.05, 0) is 56.0 Å². The number of rotatable bonds is 4. The fourth-order valence-electron chi connectivity index (χ4n) is 3.25. The number of hydrogen-bond acceptors (Lipinski definition) is 4. The zero-order chi connectivity index (χ0) is 17.2. The molecule has 1 aromatic carbocycles. The Bertz CT molecular complexity index is 751. The lowest BCUT2D eigenvalue weighted by Crippen LogP contribution is -2.44. The van der Waals surface area contributed by atoms with Crippen LogP contribution in [0.2, 0.25) is 0 Å². The van der Waals surface area contributed by atoms with Crippen LogP contribution in [0.3, 0.4) is 0 Å². The van der Waals surface area contributed by atoms with Gasteiger partial charge in [0.1, 0.15) is 5.75 Å². The largest absolute Gasteiger partial charge is 0.426 e. The Kier molecular flexibility index (Phi) is 4.26. The van der Waals surface area contributed by atoms with Crippen LogP contribution in [0.25, 0.3) is 5.69 Å². The van der Waals surface area contributed by atoms with Gasteiger partial charge in [-0.2, -0.15) is 5.10 Å². The Hall–Kier alpha value is -2.63. The molecular weight excluding hydrogens is 318 g/mol. The third-order valence-corrected chi connectivity index (χ3v) is 4.82. The van der Waals surface area contributed by atoms with Crippen LogP contribution >= 0.6 is 0 Å². The van der Waals surface area contributed by atoms with Crippen molar-refractivity contribution in [3.05, 3.63) is 42.7 Å². The highest BCUT2D eigenvalue weighted by Gasteiger charge is 2.37. The van der Waals surface area contributed by atoms with Gasteiger partial charge in [-0.3, -0.25) is 9.59 Å². The van der Waals surface area contributed by atoms with E-state index in [-0.39, 0.29) is 23.7 Å². The van der Waals surface area contributed by atoms with E-state index in [4.69, 9.17) is 4.74 Å². The first kappa shape index (κ1) is 15.9. The van der Waals surface area contributed by atoms with Gasteiger partial charge in [0, 0.05) is 31.4 Å². The molecule has 1 amide bonds. The first-order valence-electron chi connectivity index (χ1n) is 8.81. The molecule has 0 bridgehead atoms. The van der Waals surface area contributed by atoms with E-state index in [1.165, 1.54) is 0 Å². The molecule has 0 radical (unpaired) electrons. The van der Waals surface area contributed by atoms with Crippen molar-refractivity contribution < 1.29 is 14.3 Å². The molecule has 1 aliphatic carbocycles. The fraction of sp³-hybridized carbons (Fsp3) is 0.421. The Balaban J connectivity index is 1.37. The topological polar surface area (TPSA) is 64.4 Å². The average molecular weight is 339 g/mol. The molecule has 6 heteroatoms. The van der Waals surface area contributed by atoms with Gasteiger partial charge in [0.25, 0.3) is 0 Å². The first-order chi connectivity index (χ1) is 12.2. The number of esters is 1. The lowest BCUT2D eigenvalue weighted by Gasteiger charge is -2.31. The Labute approximate surface area is 146 Å². The summed E-state index contributed by atoms with van der Waals surface area (Å²) in [4.78, 5) is 26.5. The number of nitrogens with zero attached hydrogens (tertiary/aromatic N) is 3. The lowest BCUT2D eigenvalue weighted by molar-refractivity contribution is -0.143.